The number of aromatic nitrogens is 1. The Morgan fingerprint density at radius 2 is 2.21 bits per heavy atom. The van der Waals surface area contributed by atoms with Gasteiger partial charge in [-0.25, -0.2) is 0 Å². The number of aliphatic hydroxyl groups is 1. The average molecular weight is 276 g/mol. The molecule has 2 atom stereocenters. The lowest BCUT2D eigenvalue weighted by molar-refractivity contribution is 0.196. The lowest BCUT2D eigenvalue weighted by Crippen LogP contribution is -2.15. The van der Waals surface area contributed by atoms with E-state index in [4.69, 9.17) is 0 Å². The Kier molecular flexibility index (Phi) is 4.92. The summed E-state index contributed by atoms with van der Waals surface area (Å²) in [6.45, 7) is 3.84. The Labute approximate surface area is 97.3 Å². The second kappa shape index (κ2) is 5.73. The minimum atomic E-state index is -0.264. The molecule has 2 unspecified atom stereocenters. The molecule has 1 N–H and O–H groups in total. The van der Waals surface area contributed by atoms with E-state index in [0.29, 0.717) is 0 Å². The maximum Gasteiger partial charge on any atom is 0.0628 e. The number of hydrogen-bond donors (Lipinski definition) is 1. The Hall–Kier alpha value is -0.0600. The zero-order valence-corrected chi connectivity index (χ0v) is 10.7. The van der Waals surface area contributed by atoms with Gasteiger partial charge in [-0.15, -0.1) is 0 Å². The molecule has 0 fully saturated rings. The summed E-state index contributed by atoms with van der Waals surface area (Å²) in [4.78, 5) is 4.08. The molecule has 0 spiro atoms. The summed E-state index contributed by atoms with van der Waals surface area (Å²) in [6, 6.07) is 2.05. The summed E-state index contributed by atoms with van der Waals surface area (Å²) < 4.78 is 1.00. The molecule has 0 radical (unpaired) electrons. The number of aliphatic hydroxyl groups excluding tert-OH is 1. The average Bonchev–Trinajstić information content (AvgIpc) is 2.14. The van der Waals surface area contributed by atoms with E-state index >= 15 is 0 Å². The van der Waals surface area contributed by atoms with Gasteiger partial charge in [0.15, 0.2) is 0 Å². The van der Waals surface area contributed by atoms with Crippen LogP contribution in [0.3, 0.4) is 0 Å². The highest BCUT2D eigenvalue weighted by molar-refractivity contribution is 9.10. The highest BCUT2D eigenvalue weighted by atomic mass is 79.9. The summed E-state index contributed by atoms with van der Waals surface area (Å²) >= 11 is 5.11. The molecule has 1 heterocycles. The molecular formula is C10H14BrNOS. The molecule has 4 heteroatoms. The van der Waals surface area contributed by atoms with Crippen molar-refractivity contribution in [2.24, 2.45) is 0 Å². The Morgan fingerprint density at radius 3 is 2.79 bits per heavy atom. The van der Waals surface area contributed by atoms with Crippen LogP contribution in [0.1, 0.15) is 19.4 Å². The quantitative estimate of drug-likeness (QED) is 0.918. The van der Waals surface area contributed by atoms with Crippen LogP contribution in [0.15, 0.2) is 22.9 Å². The van der Waals surface area contributed by atoms with Gasteiger partial charge in [-0.3, -0.25) is 4.98 Å². The molecular weight excluding hydrogens is 262 g/mol. The van der Waals surface area contributed by atoms with Gasteiger partial charge in [0.25, 0.3) is 0 Å². The Morgan fingerprint density at radius 1 is 1.50 bits per heavy atom. The fraction of sp³-hybridized carbons (Fsp3) is 0.500. The third kappa shape index (κ3) is 3.98. The van der Waals surface area contributed by atoms with Crippen molar-refractivity contribution in [2.75, 3.05) is 0 Å². The van der Waals surface area contributed by atoms with E-state index in [-0.39, 0.29) is 11.4 Å². The minimum absolute atomic E-state index is 0.258. The fourth-order valence-corrected chi connectivity index (χ4v) is 2.21. The van der Waals surface area contributed by atoms with Gasteiger partial charge in [0.1, 0.15) is 0 Å². The largest absolute Gasteiger partial charge is 0.392 e. The number of pyridine rings is 1. The standard InChI is InChI=1S/C10H14BrNOS/c1-7(13)8(2)14-6-9-3-10(11)5-12-4-9/h3-5,7-8,13H,6H2,1-2H3. The third-order valence-corrected chi connectivity index (χ3v) is 3.81. The van der Waals surface area contributed by atoms with E-state index < -0.39 is 0 Å². The smallest absolute Gasteiger partial charge is 0.0628 e. The summed E-state index contributed by atoms with van der Waals surface area (Å²) in [5, 5.41) is 9.57. The monoisotopic (exact) mass is 275 g/mol. The van der Waals surface area contributed by atoms with E-state index in [0.717, 1.165) is 10.2 Å². The highest BCUT2D eigenvalue weighted by Gasteiger charge is 2.08. The molecule has 0 aliphatic heterocycles. The lowest BCUT2D eigenvalue weighted by atomic mass is 10.3. The van der Waals surface area contributed by atoms with Crippen molar-refractivity contribution in [3.8, 4) is 0 Å². The first-order chi connectivity index (χ1) is 6.59. The van der Waals surface area contributed by atoms with Gasteiger partial charge in [0.05, 0.1) is 6.10 Å². The first-order valence-corrected chi connectivity index (χ1v) is 6.33. The zero-order chi connectivity index (χ0) is 10.6. The van der Waals surface area contributed by atoms with Gasteiger partial charge in [0.2, 0.25) is 0 Å². The van der Waals surface area contributed by atoms with Crippen molar-refractivity contribution < 1.29 is 5.11 Å². The fourth-order valence-electron chi connectivity index (χ4n) is 0.902. The van der Waals surface area contributed by atoms with Gasteiger partial charge in [-0.2, -0.15) is 11.8 Å². The molecule has 0 aliphatic rings. The van der Waals surface area contributed by atoms with Crippen molar-refractivity contribution in [3.63, 3.8) is 0 Å². The molecule has 14 heavy (non-hydrogen) atoms. The summed E-state index contributed by atoms with van der Waals surface area (Å²) in [6.07, 6.45) is 3.36. The molecule has 1 aromatic rings. The van der Waals surface area contributed by atoms with Gasteiger partial charge in [0, 0.05) is 27.9 Å². The van der Waals surface area contributed by atoms with Crippen LogP contribution in [-0.4, -0.2) is 21.4 Å². The lowest BCUT2D eigenvalue weighted by Gasteiger charge is -2.13. The van der Waals surface area contributed by atoms with Crippen molar-refractivity contribution in [2.45, 2.75) is 31.0 Å². The first-order valence-electron chi connectivity index (χ1n) is 4.48. The van der Waals surface area contributed by atoms with Gasteiger partial charge < -0.3 is 5.11 Å². The van der Waals surface area contributed by atoms with Crippen molar-refractivity contribution in [3.05, 3.63) is 28.5 Å². The normalized spacial score (nSPS) is 15.1. The summed E-state index contributed by atoms with van der Waals surface area (Å²) in [7, 11) is 0. The number of nitrogens with zero attached hydrogens (tertiary/aromatic N) is 1. The third-order valence-electron chi connectivity index (χ3n) is 1.95. The molecule has 0 aliphatic carbocycles. The maximum atomic E-state index is 9.31. The van der Waals surface area contributed by atoms with E-state index in [1.165, 1.54) is 5.56 Å². The van der Waals surface area contributed by atoms with Crippen LogP contribution >= 0.6 is 27.7 Å². The second-order valence-electron chi connectivity index (χ2n) is 3.27. The van der Waals surface area contributed by atoms with Crippen LogP contribution in [-0.2, 0) is 5.75 Å². The molecule has 0 bridgehead atoms. The van der Waals surface area contributed by atoms with Crippen LogP contribution in [0.4, 0.5) is 0 Å². The van der Waals surface area contributed by atoms with E-state index in [1.54, 1.807) is 18.0 Å². The molecule has 1 rings (SSSR count). The Balaban J connectivity index is 2.45. The first kappa shape index (κ1) is 12.0. The second-order valence-corrected chi connectivity index (χ2v) is 5.55. The molecule has 1 aromatic heterocycles. The number of rotatable bonds is 4. The molecule has 0 amide bonds. The van der Waals surface area contributed by atoms with Crippen LogP contribution in [0, 0.1) is 0 Å². The van der Waals surface area contributed by atoms with Crippen molar-refractivity contribution >= 4 is 27.7 Å². The molecule has 0 aromatic carbocycles. The zero-order valence-electron chi connectivity index (χ0n) is 8.27. The molecule has 2 nitrogen and oxygen atoms in total. The summed E-state index contributed by atoms with van der Waals surface area (Å²) in [5.74, 6) is 0.887. The van der Waals surface area contributed by atoms with Gasteiger partial charge >= 0.3 is 0 Å². The van der Waals surface area contributed by atoms with E-state index in [9.17, 15) is 5.11 Å². The highest BCUT2D eigenvalue weighted by Crippen LogP contribution is 2.21. The molecule has 78 valence electrons. The van der Waals surface area contributed by atoms with Gasteiger partial charge in [-0.05, 0) is 34.5 Å². The number of thioether (sulfide) groups is 1. The maximum absolute atomic E-state index is 9.31. The van der Waals surface area contributed by atoms with E-state index in [1.807, 2.05) is 20.0 Å². The SMILES string of the molecule is CC(O)C(C)SCc1cncc(Br)c1. The Bertz CT molecular complexity index is 293. The van der Waals surface area contributed by atoms with Crippen LogP contribution in [0.2, 0.25) is 0 Å². The number of halogens is 1. The molecule has 0 saturated carbocycles. The minimum Gasteiger partial charge on any atom is -0.392 e. The van der Waals surface area contributed by atoms with E-state index in [2.05, 4.69) is 27.0 Å². The molecule has 0 saturated heterocycles. The van der Waals surface area contributed by atoms with Crippen LogP contribution < -0.4 is 0 Å². The van der Waals surface area contributed by atoms with Gasteiger partial charge in [-0.1, -0.05) is 6.92 Å². The van der Waals surface area contributed by atoms with Crippen molar-refractivity contribution in [1.82, 2.24) is 4.98 Å². The van der Waals surface area contributed by atoms with Crippen LogP contribution in [0.25, 0.3) is 0 Å². The predicted octanol–water partition coefficient (Wildman–Crippen LogP) is 2.85. The number of hydrogen-bond acceptors (Lipinski definition) is 3. The topological polar surface area (TPSA) is 33.1 Å². The predicted molar refractivity (Wildman–Crippen MR) is 64.4 cm³/mol. The van der Waals surface area contributed by atoms with Crippen LogP contribution in [0.5, 0.6) is 0 Å². The van der Waals surface area contributed by atoms with Crippen molar-refractivity contribution in [1.29, 1.82) is 0 Å². The summed E-state index contributed by atoms with van der Waals surface area (Å²) in [5.41, 5.74) is 1.18.